The number of aromatic nitrogens is 2. The normalized spacial score (nSPS) is 14.9. The molecule has 3 aromatic rings. The molecule has 5 nitrogen and oxygen atoms in total. The lowest BCUT2D eigenvalue weighted by Crippen LogP contribution is -2.35. The Labute approximate surface area is 131 Å². The average molecular weight is 313 g/mol. The van der Waals surface area contributed by atoms with Crippen molar-refractivity contribution in [2.45, 2.75) is 19.5 Å². The first-order chi connectivity index (χ1) is 10.8. The monoisotopic (exact) mass is 313 g/mol. The van der Waals surface area contributed by atoms with E-state index in [0.29, 0.717) is 18.1 Å². The Hall–Kier alpha value is -2.18. The lowest BCUT2D eigenvalue weighted by Gasteiger charge is -2.27. The van der Waals surface area contributed by atoms with Crippen LogP contribution in [0.2, 0.25) is 0 Å². The van der Waals surface area contributed by atoms with E-state index < -0.39 is 0 Å². The third-order valence-electron chi connectivity index (χ3n) is 3.89. The number of thiophene rings is 1. The summed E-state index contributed by atoms with van der Waals surface area (Å²) >= 11 is 1.70. The molecule has 0 unspecified atom stereocenters. The highest BCUT2D eigenvalue weighted by Crippen LogP contribution is 2.20. The third-order valence-corrected chi connectivity index (χ3v) is 4.62. The smallest absolute Gasteiger partial charge is 0.256 e. The summed E-state index contributed by atoms with van der Waals surface area (Å²) in [5.41, 5.74) is 2.89. The lowest BCUT2D eigenvalue weighted by molar-refractivity contribution is 0.242. The molecule has 0 spiro atoms. The van der Waals surface area contributed by atoms with Crippen molar-refractivity contribution >= 4 is 11.3 Å². The van der Waals surface area contributed by atoms with Crippen LogP contribution in [0.25, 0.3) is 11.6 Å². The maximum absolute atomic E-state index is 12.4. The molecule has 0 atom stereocenters. The first kappa shape index (κ1) is 13.5. The van der Waals surface area contributed by atoms with Gasteiger partial charge in [0.05, 0.1) is 17.5 Å². The van der Waals surface area contributed by atoms with Gasteiger partial charge in [0.2, 0.25) is 0 Å². The molecular weight excluding hydrogens is 298 g/mol. The van der Waals surface area contributed by atoms with Gasteiger partial charge in [-0.1, -0.05) is 0 Å². The number of fused-ring (bicyclic) bond motifs is 1. The van der Waals surface area contributed by atoms with Gasteiger partial charge in [-0.25, -0.2) is 4.98 Å². The van der Waals surface area contributed by atoms with E-state index in [9.17, 15) is 4.79 Å². The molecule has 0 saturated carbocycles. The molecule has 0 bridgehead atoms. The molecule has 0 amide bonds. The standard InChI is InChI=1S/C16H15N3O2S/c20-16-12-9-19(8-11-4-7-22-10-11)5-3-13(12)17-15(18-16)14-2-1-6-21-14/h1-2,4,6-7,10H,3,5,8-9H2,(H,17,18,20). The molecule has 4 rings (SSSR count). The van der Waals surface area contributed by atoms with Gasteiger partial charge < -0.3 is 9.40 Å². The molecule has 0 saturated heterocycles. The SMILES string of the molecule is O=c1[nH]c(-c2ccco2)nc2c1CN(Cc1ccsc1)CC2. The van der Waals surface area contributed by atoms with Gasteiger partial charge in [0.25, 0.3) is 5.56 Å². The van der Waals surface area contributed by atoms with Crippen molar-refractivity contribution in [1.82, 2.24) is 14.9 Å². The van der Waals surface area contributed by atoms with Crippen LogP contribution in [0.5, 0.6) is 0 Å². The van der Waals surface area contributed by atoms with Gasteiger partial charge in [-0.05, 0) is 34.5 Å². The van der Waals surface area contributed by atoms with E-state index in [1.165, 1.54) is 5.56 Å². The van der Waals surface area contributed by atoms with Crippen LogP contribution in [0.4, 0.5) is 0 Å². The number of aromatic amines is 1. The van der Waals surface area contributed by atoms with Crippen LogP contribution in [-0.2, 0) is 19.5 Å². The third kappa shape index (κ3) is 2.51. The highest BCUT2D eigenvalue weighted by molar-refractivity contribution is 7.07. The predicted molar refractivity (Wildman–Crippen MR) is 84.7 cm³/mol. The fraction of sp³-hybridized carbons (Fsp3) is 0.250. The Morgan fingerprint density at radius 2 is 2.36 bits per heavy atom. The zero-order valence-electron chi connectivity index (χ0n) is 11.9. The van der Waals surface area contributed by atoms with E-state index in [1.807, 2.05) is 0 Å². The van der Waals surface area contributed by atoms with Gasteiger partial charge in [-0.2, -0.15) is 11.3 Å². The Balaban J connectivity index is 1.61. The Bertz CT molecular complexity index is 822. The molecular formula is C16H15N3O2S. The van der Waals surface area contributed by atoms with Crippen molar-refractivity contribution in [1.29, 1.82) is 0 Å². The maximum atomic E-state index is 12.4. The van der Waals surface area contributed by atoms with Crippen LogP contribution >= 0.6 is 11.3 Å². The average Bonchev–Trinajstić information content (AvgIpc) is 3.20. The lowest BCUT2D eigenvalue weighted by atomic mass is 10.1. The quantitative estimate of drug-likeness (QED) is 0.807. The molecule has 1 N–H and O–H groups in total. The summed E-state index contributed by atoms with van der Waals surface area (Å²) in [5, 5.41) is 4.23. The number of furan rings is 1. The van der Waals surface area contributed by atoms with Gasteiger partial charge in [0.15, 0.2) is 11.6 Å². The van der Waals surface area contributed by atoms with E-state index in [1.54, 1.807) is 29.7 Å². The molecule has 6 heteroatoms. The molecule has 4 heterocycles. The molecule has 0 aliphatic carbocycles. The molecule has 3 aromatic heterocycles. The minimum absolute atomic E-state index is 0.0635. The summed E-state index contributed by atoms with van der Waals surface area (Å²) in [6.07, 6.45) is 2.37. The molecule has 1 aliphatic heterocycles. The fourth-order valence-electron chi connectivity index (χ4n) is 2.79. The second-order valence-corrected chi connectivity index (χ2v) is 6.19. The van der Waals surface area contributed by atoms with Crippen molar-refractivity contribution in [3.05, 3.63) is 62.4 Å². The van der Waals surface area contributed by atoms with E-state index >= 15 is 0 Å². The molecule has 112 valence electrons. The predicted octanol–water partition coefficient (Wildman–Crippen LogP) is 2.65. The van der Waals surface area contributed by atoms with Crippen molar-refractivity contribution in [3.8, 4) is 11.6 Å². The number of H-pyrrole nitrogens is 1. The maximum Gasteiger partial charge on any atom is 0.256 e. The Morgan fingerprint density at radius 3 is 3.14 bits per heavy atom. The summed E-state index contributed by atoms with van der Waals surface area (Å²) in [4.78, 5) is 22.1. The van der Waals surface area contributed by atoms with E-state index in [2.05, 4.69) is 31.7 Å². The van der Waals surface area contributed by atoms with E-state index in [-0.39, 0.29) is 5.56 Å². The van der Waals surface area contributed by atoms with Gasteiger partial charge in [0.1, 0.15) is 0 Å². The van der Waals surface area contributed by atoms with Crippen molar-refractivity contribution in [2.24, 2.45) is 0 Å². The highest BCUT2D eigenvalue weighted by atomic mass is 32.1. The summed E-state index contributed by atoms with van der Waals surface area (Å²) in [5.74, 6) is 1.11. The van der Waals surface area contributed by atoms with E-state index in [0.717, 1.165) is 30.8 Å². The largest absolute Gasteiger partial charge is 0.461 e. The van der Waals surface area contributed by atoms with Crippen molar-refractivity contribution < 1.29 is 4.42 Å². The number of nitrogens with zero attached hydrogens (tertiary/aromatic N) is 2. The van der Waals surface area contributed by atoms with Gasteiger partial charge >= 0.3 is 0 Å². The van der Waals surface area contributed by atoms with Crippen molar-refractivity contribution in [3.63, 3.8) is 0 Å². The van der Waals surface area contributed by atoms with Crippen LogP contribution < -0.4 is 5.56 Å². The first-order valence-electron chi connectivity index (χ1n) is 7.19. The Kier molecular flexibility index (Phi) is 3.40. The Morgan fingerprint density at radius 1 is 1.41 bits per heavy atom. The second-order valence-electron chi connectivity index (χ2n) is 5.41. The summed E-state index contributed by atoms with van der Waals surface area (Å²) < 4.78 is 5.31. The van der Waals surface area contributed by atoms with Crippen LogP contribution in [0.3, 0.4) is 0 Å². The number of hydrogen-bond acceptors (Lipinski definition) is 5. The topological polar surface area (TPSA) is 62.1 Å². The van der Waals surface area contributed by atoms with Gasteiger partial charge in [0, 0.05) is 26.1 Å². The summed E-state index contributed by atoms with van der Waals surface area (Å²) in [6, 6.07) is 5.72. The minimum Gasteiger partial charge on any atom is -0.461 e. The van der Waals surface area contributed by atoms with Gasteiger partial charge in [-0.15, -0.1) is 0 Å². The molecule has 0 radical (unpaired) electrons. The zero-order valence-corrected chi connectivity index (χ0v) is 12.7. The zero-order chi connectivity index (χ0) is 14.9. The van der Waals surface area contributed by atoms with Crippen LogP contribution in [0.15, 0.2) is 44.4 Å². The summed E-state index contributed by atoms with van der Waals surface area (Å²) in [7, 11) is 0. The number of hydrogen-bond donors (Lipinski definition) is 1. The second kappa shape index (κ2) is 5.55. The fourth-order valence-corrected chi connectivity index (χ4v) is 3.45. The van der Waals surface area contributed by atoms with Crippen molar-refractivity contribution in [2.75, 3.05) is 6.54 Å². The number of nitrogens with one attached hydrogen (secondary N) is 1. The van der Waals surface area contributed by atoms with Gasteiger partial charge in [-0.3, -0.25) is 9.69 Å². The minimum atomic E-state index is -0.0635. The van der Waals surface area contributed by atoms with Crippen LogP contribution in [-0.4, -0.2) is 21.4 Å². The van der Waals surface area contributed by atoms with Crippen LogP contribution in [0.1, 0.15) is 16.8 Å². The van der Waals surface area contributed by atoms with E-state index in [4.69, 9.17) is 4.42 Å². The first-order valence-corrected chi connectivity index (χ1v) is 8.13. The highest BCUT2D eigenvalue weighted by Gasteiger charge is 2.22. The number of rotatable bonds is 3. The van der Waals surface area contributed by atoms with Crippen LogP contribution in [0, 0.1) is 0 Å². The summed E-state index contributed by atoms with van der Waals surface area (Å²) in [6.45, 7) is 2.44. The molecule has 1 aliphatic rings. The molecule has 22 heavy (non-hydrogen) atoms. The molecule has 0 aromatic carbocycles. The molecule has 0 fully saturated rings.